The number of aromatic nitrogens is 2. The summed E-state index contributed by atoms with van der Waals surface area (Å²) in [5.41, 5.74) is 2.30. The molecule has 1 aliphatic carbocycles. The zero-order valence-corrected chi connectivity index (χ0v) is 24.0. The maximum Gasteiger partial charge on any atom is 0.257 e. The van der Waals surface area contributed by atoms with Gasteiger partial charge in [0.05, 0.1) is 21.0 Å². The average Bonchev–Trinajstić information content (AvgIpc) is 3.55. The number of hydrogen-bond donors (Lipinski definition) is 3. The summed E-state index contributed by atoms with van der Waals surface area (Å²) in [5, 5.41) is 13.5. The Morgan fingerprint density at radius 2 is 1.93 bits per heavy atom. The number of thiazole rings is 1. The highest BCUT2D eigenvalue weighted by molar-refractivity contribution is 7.89. The first-order valence-electron chi connectivity index (χ1n) is 13.2. The lowest BCUT2D eigenvalue weighted by atomic mass is 10.0. The summed E-state index contributed by atoms with van der Waals surface area (Å²) in [6.45, 7) is 4.64. The molecular weight excluding hydrogens is 552 g/mol. The van der Waals surface area contributed by atoms with E-state index >= 15 is 0 Å². The maximum atomic E-state index is 13.4. The van der Waals surface area contributed by atoms with Crippen LogP contribution >= 0.6 is 11.3 Å². The number of nitrogens with one attached hydrogen (secondary N) is 2. The third kappa shape index (κ3) is 4.66. The fourth-order valence-corrected chi connectivity index (χ4v) is 7.37. The van der Waals surface area contributed by atoms with Gasteiger partial charge in [-0.3, -0.25) is 14.5 Å². The zero-order valence-electron chi connectivity index (χ0n) is 22.3. The van der Waals surface area contributed by atoms with Crippen LogP contribution in [0.15, 0.2) is 35.2 Å². The van der Waals surface area contributed by atoms with Gasteiger partial charge in [0.25, 0.3) is 11.8 Å². The van der Waals surface area contributed by atoms with Crippen molar-refractivity contribution in [2.45, 2.75) is 56.7 Å². The summed E-state index contributed by atoms with van der Waals surface area (Å²) in [6.07, 6.45) is 1.52. The molecule has 2 fully saturated rings. The highest BCUT2D eigenvalue weighted by atomic mass is 32.2. The van der Waals surface area contributed by atoms with Gasteiger partial charge in [0.15, 0.2) is 5.13 Å². The molecule has 3 aromatic rings. The van der Waals surface area contributed by atoms with E-state index in [1.54, 1.807) is 29.2 Å². The number of aliphatic hydroxyl groups is 1. The predicted octanol–water partition coefficient (Wildman–Crippen LogP) is 3.02. The van der Waals surface area contributed by atoms with Crippen LogP contribution in [0, 0.1) is 12.8 Å². The van der Waals surface area contributed by atoms with Crippen molar-refractivity contribution < 1.29 is 23.1 Å². The number of carbonyl (C=O) groups excluding carboxylic acids is 2. The molecule has 2 aromatic heterocycles. The summed E-state index contributed by atoms with van der Waals surface area (Å²) in [7, 11) is -2.56. The second-order valence-corrected chi connectivity index (χ2v) is 13.3. The molecule has 40 heavy (non-hydrogen) atoms. The average molecular weight is 583 g/mol. The topological polar surface area (TPSA) is 145 Å². The standard InChI is InChI=1S/C27H30N6O5S2/c1-14-24(39-27(29-14)31-21-5-4-6-22(30-21)32-10-9-19(34)25(32)35)17-11-18-13-33(15(2)16-7-8-16)26(36)23(18)20(12-17)40(37,38)28-3/h4-6,11-12,15-16,19,28,34H,7-10,13H2,1-3H3,(H,29,30,31)/t15-,19-/m0/s1. The van der Waals surface area contributed by atoms with Gasteiger partial charge in [0, 0.05) is 25.6 Å². The molecule has 1 aromatic carbocycles. The summed E-state index contributed by atoms with van der Waals surface area (Å²) >= 11 is 1.35. The van der Waals surface area contributed by atoms with Crippen LogP contribution in [-0.4, -0.2) is 65.9 Å². The normalized spacial score (nSPS) is 19.9. The van der Waals surface area contributed by atoms with Crippen LogP contribution in [0.4, 0.5) is 16.8 Å². The molecule has 210 valence electrons. The minimum absolute atomic E-state index is 0.0212. The van der Waals surface area contributed by atoms with E-state index in [1.807, 2.05) is 19.9 Å². The quantitative estimate of drug-likeness (QED) is 0.368. The minimum atomic E-state index is -3.91. The number of nitrogens with zero attached hydrogens (tertiary/aromatic N) is 4. The van der Waals surface area contributed by atoms with E-state index in [9.17, 15) is 23.1 Å². The molecule has 0 bridgehead atoms. The molecule has 4 heterocycles. The number of aliphatic hydroxyl groups excluding tert-OH is 1. The summed E-state index contributed by atoms with van der Waals surface area (Å²) in [4.78, 5) is 38.8. The monoisotopic (exact) mass is 582 g/mol. The van der Waals surface area contributed by atoms with Crippen molar-refractivity contribution in [3.05, 3.63) is 47.2 Å². The Labute approximate surface area is 236 Å². The van der Waals surface area contributed by atoms with Crippen molar-refractivity contribution in [1.82, 2.24) is 19.6 Å². The van der Waals surface area contributed by atoms with Crippen molar-refractivity contribution in [1.29, 1.82) is 0 Å². The van der Waals surface area contributed by atoms with Gasteiger partial charge in [-0.2, -0.15) is 0 Å². The lowest BCUT2D eigenvalue weighted by Crippen LogP contribution is -2.35. The van der Waals surface area contributed by atoms with Crippen LogP contribution in [0.2, 0.25) is 0 Å². The number of aryl methyl sites for hydroxylation is 1. The largest absolute Gasteiger partial charge is 0.383 e. The number of anilines is 3. The Morgan fingerprint density at radius 3 is 2.60 bits per heavy atom. The van der Waals surface area contributed by atoms with Crippen molar-refractivity contribution in [3.63, 3.8) is 0 Å². The van der Waals surface area contributed by atoms with Crippen LogP contribution in [0.5, 0.6) is 0 Å². The highest BCUT2D eigenvalue weighted by Gasteiger charge is 2.41. The van der Waals surface area contributed by atoms with Gasteiger partial charge in [-0.15, -0.1) is 0 Å². The first-order valence-corrected chi connectivity index (χ1v) is 15.5. The van der Waals surface area contributed by atoms with Crippen LogP contribution in [0.1, 0.15) is 47.8 Å². The van der Waals surface area contributed by atoms with Crippen molar-refractivity contribution in [2.75, 3.05) is 23.8 Å². The lowest BCUT2D eigenvalue weighted by Gasteiger charge is -2.24. The third-order valence-electron chi connectivity index (χ3n) is 7.84. The van der Waals surface area contributed by atoms with E-state index < -0.39 is 16.1 Å². The molecule has 1 saturated carbocycles. The van der Waals surface area contributed by atoms with E-state index in [-0.39, 0.29) is 28.3 Å². The molecule has 13 heteroatoms. The van der Waals surface area contributed by atoms with Crippen molar-refractivity contribution in [2.24, 2.45) is 5.92 Å². The second kappa shape index (κ2) is 9.91. The summed E-state index contributed by atoms with van der Waals surface area (Å²) < 4.78 is 28.5. The number of carbonyl (C=O) groups is 2. The predicted molar refractivity (Wildman–Crippen MR) is 151 cm³/mol. The number of hydrogen-bond acceptors (Lipinski definition) is 9. The second-order valence-electron chi connectivity index (χ2n) is 10.5. The highest BCUT2D eigenvalue weighted by Crippen LogP contribution is 2.42. The number of pyridine rings is 1. The molecule has 0 radical (unpaired) electrons. The number of benzene rings is 1. The van der Waals surface area contributed by atoms with E-state index in [2.05, 4.69) is 20.0 Å². The van der Waals surface area contributed by atoms with Gasteiger partial charge >= 0.3 is 0 Å². The molecule has 2 aliphatic heterocycles. The van der Waals surface area contributed by atoms with E-state index in [0.717, 1.165) is 17.7 Å². The molecule has 3 aliphatic rings. The fourth-order valence-electron chi connectivity index (χ4n) is 5.42. The molecule has 6 rings (SSSR count). The minimum Gasteiger partial charge on any atom is -0.383 e. The molecule has 2 atom stereocenters. The number of sulfonamides is 1. The smallest absolute Gasteiger partial charge is 0.257 e. The number of amides is 2. The van der Waals surface area contributed by atoms with Crippen LogP contribution in [0.25, 0.3) is 10.4 Å². The number of fused-ring (bicyclic) bond motifs is 1. The first-order chi connectivity index (χ1) is 19.1. The molecule has 3 N–H and O–H groups in total. The summed E-state index contributed by atoms with van der Waals surface area (Å²) in [6, 6.07) is 8.74. The molecule has 11 nitrogen and oxygen atoms in total. The van der Waals surface area contributed by atoms with Gasteiger partial charge in [0.1, 0.15) is 17.7 Å². The van der Waals surface area contributed by atoms with Gasteiger partial charge < -0.3 is 15.3 Å². The molecule has 0 unspecified atom stereocenters. The van der Waals surface area contributed by atoms with E-state index in [1.165, 1.54) is 23.3 Å². The van der Waals surface area contributed by atoms with E-state index in [0.29, 0.717) is 59.0 Å². The van der Waals surface area contributed by atoms with Crippen molar-refractivity contribution >= 4 is 49.9 Å². The maximum absolute atomic E-state index is 13.4. The Morgan fingerprint density at radius 1 is 1.15 bits per heavy atom. The van der Waals surface area contributed by atoms with Crippen LogP contribution in [0.3, 0.4) is 0 Å². The number of rotatable bonds is 8. The van der Waals surface area contributed by atoms with Gasteiger partial charge in [-0.05, 0) is 75.0 Å². The van der Waals surface area contributed by atoms with Gasteiger partial charge in [0.2, 0.25) is 10.0 Å². The van der Waals surface area contributed by atoms with Gasteiger partial charge in [-0.1, -0.05) is 17.4 Å². The zero-order chi connectivity index (χ0) is 28.3. The Bertz CT molecular complexity index is 1630. The van der Waals surface area contributed by atoms with Gasteiger partial charge in [-0.25, -0.2) is 23.1 Å². The first kappa shape index (κ1) is 26.8. The van der Waals surface area contributed by atoms with Crippen LogP contribution in [-0.2, 0) is 21.4 Å². The molecule has 2 amide bonds. The Hall–Kier alpha value is -3.39. The fraction of sp³-hybridized carbons (Fsp3) is 0.407. The molecular formula is C27H30N6O5S2. The molecule has 1 saturated heterocycles. The van der Waals surface area contributed by atoms with Crippen LogP contribution < -0.4 is 14.9 Å². The summed E-state index contributed by atoms with van der Waals surface area (Å²) in [5.74, 6) is 0.766. The lowest BCUT2D eigenvalue weighted by molar-refractivity contribution is -0.124. The van der Waals surface area contributed by atoms with Crippen molar-refractivity contribution in [3.8, 4) is 10.4 Å². The Kier molecular flexibility index (Phi) is 6.64. The third-order valence-corrected chi connectivity index (χ3v) is 10.4. The Balaban J connectivity index is 1.33. The SMILES string of the molecule is CNS(=O)(=O)c1cc(-c2sc(Nc3cccc(N4CC[C@H](O)C4=O)n3)nc2C)cc2c1C(=O)N([C@@H](C)C1CC1)C2. The van der Waals surface area contributed by atoms with E-state index in [4.69, 9.17) is 0 Å². The molecule has 0 spiro atoms.